The van der Waals surface area contributed by atoms with Crippen LogP contribution < -0.4 is 43.8 Å². The monoisotopic (exact) mass is 671 g/mol. The Bertz CT molecular complexity index is 1120. The fourth-order valence-electron chi connectivity index (χ4n) is 4.43. The molecule has 18 heteroatoms. The Kier molecular flexibility index (Phi) is 19.3. The van der Waals surface area contributed by atoms with Gasteiger partial charge in [0.1, 0.15) is 30.2 Å². The first kappa shape index (κ1) is 42.5. The molecule has 0 fully saturated rings. The summed E-state index contributed by atoms with van der Waals surface area (Å²) in [5.74, 6) is -6.30. The Morgan fingerprint density at radius 1 is 0.660 bits per heavy atom. The number of carboxylic acids is 1. The largest absolute Gasteiger partial charge is 0.480 e. The van der Waals surface area contributed by atoms with Gasteiger partial charge in [-0.1, -0.05) is 27.7 Å². The zero-order chi connectivity index (χ0) is 36.4. The molecule has 0 radical (unpaired) electrons. The normalized spacial score (nSPS) is 14.8. The van der Waals surface area contributed by atoms with E-state index in [2.05, 4.69) is 31.6 Å². The zero-order valence-electron chi connectivity index (χ0n) is 28.0. The number of aliphatic carboxylic acids is 1. The van der Waals surface area contributed by atoms with Crippen LogP contribution >= 0.6 is 0 Å². The van der Waals surface area contributed by atoms with Crippen molar-refractivity contribution in [3.05, 3.63) is 0 Å². The average molecular weight is 672 g/mol. The number of aliphatic hydroxyl groups is 1. The van der Waals surface area contributed by atoms with Crippen molar-refractivity contribution in [2.24, 2.45) is 34.0 Å². The SMILES string of the molecule is CC(=O)N[C@@H](CC(C)C)C(=O)N[C@@H](CCC(N)=O)C(=O)N[C@H](C(=O)N[C@@H](CC(C)C)C(=O)N[C@@H](CCCN=C(N)N)C(=O)O)[C@@H](C)O. The van der Waals surface area contributed by atoms with Gasteiger partial charge in [-0.25, -0.2) is 4.79 Å². The standard InChI is InChI=1S/C29H53N9O9/c1-14(2)12-20(34-17(6)40)25(43)35-18(9-10-22(30)41)24(42)38-23(16(5)39)27(45)37-21(13-15(3)4)26(44)36-19(28(46)47)8-7-11-33-29(31)32/h14-16,18-21,23,39H,7-13H2,1-6H3,(H2,30,41)(H,34,40)(H,35,43)(H,36,44)(H,37,45)(H,38,42)(H,46,47)(H4,31,32,33)/t16-,18+,19+,20+,21+,23+/m1/s1. The number of nitrogens with one attached hydrogen (secondary N) is 5. The number of amides is 6. The molecule has 47 heavy (non-hydrogen) atoms. The number of hydrogen-bond donors (Lipinski definition) is 10. The number of primary amides is 1. The van der Waals surface area contributed by atoms with Gasteiger partial charge in [-0.15, -0.1) is 0 Å². The van der Waals surface area contributed by atoms with Gasteiger partial charge in [-0.05, 0) is 50.9 Å². The summed E-state index contributed by atoms with van der Waals surface area (Å²) in [6.45, 7) is 9.77. The topological polar surface area (TPSA) is 311 Å². The van der Waals surface area contributed by atoms with Gasteiger partial charge in [0.25, 0.3) is 0 Å². The summed E-state index contributed by atoms with van der Waals surface area (Å²) >= 11 is 0. The molecule has 0 bridgehead atoms. The molecule has 13 N–H and O–H groups in total. The van der Waals surface area contributed by atoms with Gasteiger partial charge >= 0.3 is 5.97 Å². The molecule has 268 valence electrons. The first-order valence-corrected chi connectivity index (χ1v) is 15.5. The molecule has 0 aliphatic rings. The predicted molar refractivity (Wildman–Crippen MR) is 172 cm³/mol. The molecule has 0 heterocycles. The summed E-state index contributed by atoms with van der Waals surface area (Å²) < 4.78 is 0. The minimum absolute atomic E-state index is 0.00900. The summed E-state index contributed by atoms with van der Waals surface area (Å²) in [5.41, 5.74) is 15.8. The fourth-order valence-corrected chi connectivity index (χ4v) is 4.43. The van der Waals surface area contributed by atoms with Gasteiger partial charge in [0.05, 0.1) is 6.10 Å². The van der Waals surface area contributed by atoms with Crippen molar-refractivity contribution < 1.29 is 43.8 Å². The molecular formula is C29H53N9O9. The zero-order valence-corrected chi connectivity index (χ0v) is 28.0. The summed E-state index contributed by atoms with van der Waals surface area (Å²) in [5, 5.41) is 32.2. The van der Waals surface area contributed by atoms with Crippen molar-refractivity contribution in [2.75, 3.05) is 6.54 Å². The summed E-state index contributed by atoms with van der Waals surface area (Å²) in [7, 11) is 0. The van der Waals surface area contributed by atoms with E-state index in [1.54, 1.807) is 13.8 Å². The van der Waals surface area contributed by atoms with Gasteiger partial charge in [0.15, 0.2) is 5.96 Å². The highest BCUT2D eigenvalue weighted by Crippen LogP contribution is 2.10. The molecule has 0 aromatic rings. The lowest BCUT2D eigenvalue weighted by molar-refractivity contribution is -0.142. The van der Waals surface area contributed by atoms with Crippen LogP contribution in [0.2, 0.25) is 0 Å². The van der Waals surface area contributed by atoms with Gasteiger partial charge in [-0.2, -0.15) is 0 Å². The minimum Gasteiger partial charge on any atom is -0.480 e. The second kappa shape index (κ2) is 21.3. The molecule has 0 rings (SSSR count). The highest BCUT2D eigenvalue weighted by molar-refractivity contribution is 5.96. The van der Waals surface area contributed by atoms with Gasteiger partial charge in [-0.3, -0.25) is 33.8 Å². The van der Waals surface area contributed by atoms with E-state index in [1.807, 2.05) is 13.8 Å². The number of aliphatic hydroxyl groups excluding tert-OH is 1. The van der Waals surface area contributed by atoms with E-state index in [9.17, 15) is 43.8 Å². The van der Waals surface area contributed by atoms with Gasteiger partial charge in [0.2, 0.25) is 35.4 Å². The van der Waals surface area contributed by atoms with Crippen molar-refractivity contribution in [3.63, 3.8) is 0 Å². The second-order valence-electron chi connectivity index (χ2n) is 12.2. The van der Waals surface area contributed by atoms with E-state index in [4.69, 9.17) is 17.2 Å². The molecule has 0 aliphatic carbocycles. The lowest BCUT2D eigenvalue weighted by atomic mass is 10.0. The van der Waals surface area contributed by atoms with Crippen LogP contribution in [0.4, 0.5) is 0 Å². The third kappa shape index (κ3) is 18.3. The Hall–Kier alpha value is -4.48. The maximum absolute atomic E-state index is 13.3. The molecule has 0 aliphatic heterocycles. The first-order valence-electron chi connectivity index (χ1n) is 15.5. The minimum atomic E-state index is -1.63. The van der Waals surface area contributed by atoms with Crippen LogP contribution in [0, 0.1) is 11.8 Å². The molecule has 0 saturated heterocycles. The number of rotatable bonds is 22. The van der Waals surface area contributed by atoms with Crippen molar-refractivity contribution in [2.45, 2.75) is 116 Å². The molecule has 18 nitrogen and oxygen atoms in total. The highest BCUT2D eigenvalue weighted by atomic mass is 16.4. The Morgan fingerprint density at radius 2 is 1.13 bits per heavy atom. The molecule has 0 spiro atoms. The second-order valence-corrected chi connectivity index (χ2v) is 12.2. The lowest BCUT2D eigenvalue weighted by Crippen LogP contribution is -2.61. The van der Waals surface area contributed by atoms with E-state index >= 15 is 0 Å². The molecule has 0 unspecified atom stereocenters. The van der Waals surface area contributed by atoms with Crippen molar-refractivity contribution >= 4 is 47.4 Å². The number of guanidine groups is 1. The van der Waals surface area contributed by atoms with Crippen LogP contribution in [-0.2, 0) is 33.6 Å². The van der Waals surface area contributed by atoms with Crippen molar-refractivity contribution in [1.29, 1.82) is 0 Å². The maximum Gasteiger partial charge on any atom is 0.326 e. The average Bonchev–Trinajstić information content (AvgIpc) is 2.92. The predicted octanol–water partition coefficient (Wildman–Crippen LogP) is -2.69. The van der Waals surface area contributed by atoms with Crippen LogP contribution in [0.1, 0.15) is 80.1 Å². The number of carbonyl (C=O) groups is 7. The van der Waals surface area contributed by atoms with Crippen molar-refractivity contribution in [3.8, 4) is 0 Å². The molecule has 0 saturated carbocycles. The van der Waals surface area contributed by atoms with Crippen LogP contribution in [0.15, 0.2) is 4.99 Å². The van der Waals surface area contributed by atoms with Crippen LogP contribution in [0.3, 0.4) is 0 Å². The summed E-state index contributed by atoms with van der Waals surface area (Å²) in [6.07, 6.45) is -1.51. The maximum atomic E-state index is 13.3. The van der Waals surface area contributed by atoms with Crippen LogP contribution in [0.25, 0.3) is 0 Å². The third-order valence-electron chi connectivity index (χ3n) is 6.68. The van der Waals surface area contributed by atoms with Crippen LogP contribution in [0.5, 0.6) is 0 Å². The van der Waals surface area contributed by atoms with Crippen molar-refractivity contribution in [1.82, 2.24) is 26.6 Å². The number of nitrogens with two attached hydrogens (primary N) is 3. The number of hydrogen-bond acceptors (Lipinski definition) is 9. The Labute approximate surface area is 274 Å². The van der Waals surface area contributed by atoms with E-state index in [-0.39, 0.29) is 62.9 Å². The quantitative estimate of drug-likeness (QED) is 0.0321. The fraction of sp³-hybridized carbons (Fsp3) is 0.724. The van der Waals surface area contributed by atoms with E-state index in [0.717, 1.165) is 0 Å². The number of nitrogens with zero attached hydrogens (tertiary/aromatic N) is 1. The Balaban J connectivity index is 5.96. The number of aliphatic imine (C=N–C) groups is 1. The van der Waals surface area contributed by atoms with E-state index in [1.165, 1.54) is 13.8 Å². The van der Waals surface area contributed by atoms with Gasteiger partial charge < -0.3 is 54.0 Å². The number of carboxylic acid groups (broad SMARTS) is 1. The highest BCUT2D eigenvalue weighted by Gasteiger charge is 2.34. The Morgan fingerprint density at radius 3 is 1.55 bits per heavy atom. The summed E-state index contributed by atoms with van der Waals surface area (Å²) in [6, 6.07) is -6.59. The molecule has 6 atom stereocenters. The van der Waals surface area contributed by atoms with Gasteiger partial charge in [0, 0.05) is 19.9 Å². The smallest absolute Gasteiger partial charge is 0.326 e. The first-order chi connectivity index (χ1) is 21.7. The molecule has 0 aromatic heterocycles. The summed E-state index contributed by atoms with van der Waals surface area (Å²) in [4.78, 5) is 91.6. The number of carbonyl (C=O) groups excluding carboxylic acids is 6. The third-order valence-corrected chi connectivity index (χ3v) is 6.68. The van der Waals surface area contributed by atoms with Crippen LogP contribution in [-0.4, -0.2) is 100 Å². The molecule has 6 amide bonds. The molecular weight excluding hydrogens is 618 g/mol. The van der Waals surface area contributed by atoms with E-state index < -0.39 is 77.7 Å². The van der Waals surface area contributed by atoms with E-state index in [0.29, 0.717) is 0 Å². The molecule has 0 aromatic carbocycles. The lowest BCUT2D eigenvalue weighted by Gasteiger charge is -2.28.